The van der Waals surface area contributed by atoms with Crippen molar-refractivity contribution < 1.29 is 0 Å². The summed E-state index contributed by atoms with van der Waals surface area (Å²) < 4.78 is 0. The minimum absolute atomic E-state index is 0.903. The quantitative estimate of drug-likeness (QED) is 0.817. The molecule has 0 spiro atoms. The van der Waals surface area contributed by atoms with E-state index in [2.05, 4.69) is 42.0 Å². The Morgan fingerprint density at radius 2 is 2.16 bits per heavy atom. The summed E-state index contributed by atoms with van der Waals surface area (Å²) in [5, 5.41) is 3.42. The lowest BCUT2D eigenvalue weighted by Crippen LogP contribution is -2.33. The van der Waals surface area contributed by atoms with Gasteiger partial charge in [0.05, 0.1) is 0 Å². The molecule has 0 unspecified atom stereocenters. The van der Waals surface area contributed by atoms with E-state index in [1.807, 2.05) is 6.20 Å². The monoisotopic (exact) mass is 261 g/mol. The van der Waals surface area contributed by atoms with Gasteiger partial charge in [-0.05, 0) is 45.2 Å². The van der Waals surface area contributed by atoms with Gasteiger partial charge in [-0.1, -0.05) is 13.3 Å². The van der Waals surface area contributed by atoms with Crippen LogP contribution in [0.2, 0.25) is 0 Å². The number of aromatic nitrogens is 1. The molecule has 1 fully saturated rings. The molecule has 1 aliphatic carbocycles. The van der Waals surface area contributed by atoms with Gasteiger partial charge in [-0.25, -0.2) is 0 Å². The molecule has 1 saturated carbocycles. The third-order valence-electron chi connectivity index (χ3n) is 4.09. The zero-order chi connectivity index (χ0) is 13.7. The van der Waals surface area contributed by atoms with Crippen LogP contribution in [0.1, 0.15) is 44.4 Å². The van der Waals surface area contributed by atoms with Crippen LogP contribution in [0, 0.1) is 12.8 Å². The van der Waals surface area contributed by atoms with E-state index in [0.29, 0.717) is 0 Å². The molecular formula is C16H27N3. The summed E-state index contributed by atoms with van der Waals surface area (Å²) in [6.07, 6.45) is 6.27. The second-order valence-electron chi connectivity index (χ2n) is 5.57. The van der Waals surface area contributed by atoms with E-state index in [9.17, 15) is 0 Å². The Labute approximate surface area is 117 Å². The summed E-state index contributed by atoms with van der Waals surface area (Å²) in [7, 11) is 0. The molecule has 0 aliphatic heterocycles. The Hall–Kier alpha value is -1.09. The van der Waals surface area contributed by atoms with Crippen LogP contribution in [0.4, 0.5) is 5.69 Å². The van der Waals surface area contributed by atoms with Crippen LogP contribution in [0.25, 0.3) is 0 Å². The van der Waals surface area contributed by atoms with Crippen LogP contribution < -0.4 is 10.2 Å². The molecule has 19 heavy (non-hydrogen) atoms. The minimum atomic E-state index is 0.903. The maximum Gasteiger partial charge on any atom is 0.0445 e. The fourth-order valence-corrected chi connectivity index (χ4v) is 2.65. The zero-order valence-electron chi connectivity index (χ0n) is 12.6. The average Bonchev–Trinajstić information content (AvgIpc) is 2.36. The second-order valence-corrected chi connectivity index (χ2v) is 5.57. The molecular weight excluding hydrogens is 234 g/mol. The van der Waals surface area contributed by atoms with E-state index in [0.717, 1.165) is 31.2 Å². The Kier molecular flexibility index (Phi) is 5.20. The first-order valence-corrected chi connectivity index (χ1v) is 7.65. The molecule has 0 saturated heterocycles. The molecule has 2 rings (SSSR count). The van der Waals surface area contributed by atoms with Gasteiger partial charge in [-0.2, -0.15) is 0 Å². The number of rotatable bonds is 7. The lowest BCUT2D eigenvalue weighted by atomic mass is 9.85. The van der Waals surface area contributed by atoms with Gasteiger partial charge >= 0.3 is 0 Å². The van der Waals surface area contributed by atoms with Gasteiger partial charge in [-0.15, -0.1) is 0 Å². The topological polar surface area (TPSA) is 28.2 Å². The van der Waals surface area contributed by atoms with Crippen molar-refractivity contribution in [1.82, 2.24) is 10.3 Å². The molecule has 0 radical (unpaired) electrons. The largest absolute Gasteiger partial charge is 0.371 e. The fourth-order valence-electron chi connectivity index (χ4n) is 2.65. The molecule has 1 aromatic rings. The van der Waals surface area contributed by atoms with E-state index < -0.39 is 0 Å². The minimum Gasteiger partial charge on any atom is -0.371 e. The van der Waals surface area contributed by atoms with Gasteiger partial charge in [0.2, 0.25) is 0 Å². The second kappa shape index (κ2) is 6.90. The van der Waals surface area contributed by atoms with Crippen molar-refractivity contribution in [2.45, 2.75) is 46.6 Å². The van der Waals surface area contributed by atoms with E-state index in [4.69, 9.17) is 0 Å². The highest BCUT2D eigenvalue weighted by atomic mass is 15.1. The number of pyridine rings is 1. The first-order chi connectivity index (χ1) is 9.24. The molecule has 3 nitrogen and oxygen atoms in total. The van der Waals surface area contributed by atoms with Crippen LogP contribution in [-0.4, -0.2) is 24.6 Å². The van der Waals surface area contributed by atoms with Crippen LogP contribution in [0.3, 0.4) is 0 Å². The van der Waals surface area contributed by atoms with Crippen LogP contribution >= 0.6 is 0 Å². The first kappa shape index (κ1) is 14.3. The maximum atomic E-state index is 4.46. The number of aryl methyl sites for hydroxylation is 1. The van der Waals surface area contributed by atoms with Gasteiger partial charge in [0.15, 0.2) is 0 Å². The van der Waals surface area contributed by atoms with Gasteiger partial charge in [-0.3, -0.25) is 4.98 Å². The summed E-state index contributed by atoms with van der Waals surface area (Å²) in [5.41, 5.74) is 3.82. The Balaban J connectivity index is 2.15. The van der Waals surface area contributed by atoms with Crippen molar-refractivity contribution >= 4 is 5.69 Å². The lowest BCUT2D eigenvalue weighted by molar-refractivity contribution is 0.318. The van der Waals surface area contributed by atoms with Crippen molar-refractivity contribution in [1.29, 1.82) is 0 Å². The lowest BCUT2D eigenvalue weighted by Gasteiger charge is -2.34. The standard InChI is InChI=1S/C16H27N3/c1-4-17-10-15-11-18-13(3)9-16(15)19(5-2)12-14-7-6-8-14/h9,11,14,17H,4-8,10,12H2,1-3H3. The van der Waals surface area contributed by atoms with Gasteiger partial charge in [0, 0.05) is 42.8 Å². The first-order valence-electron chi connectivity index (χ1n) is 7.65. The van der Waals surface area contributed by atoms with Crippen molar-refractivity contribution in [3.63, 3.8) is 0 Å². The fraction of sp³-hybridized carbons (Fsp3) is 0.688. The molecule has 0 bridgehead atoms. The van der Waals surface area contributed by atoms with E-state index in [1.165, 1.54) is 37.1 Å². The number of hydrogen-bond donors (Lipinski definition) is 1. The Bertz CT molecular complexity index is 399. The Morgan fingerprint density at radius 3 is 2.74 bits per heavy atom. The normalized spacial score (nSPS) is 15.3. The maximum absolute atomic E-state index is 4.46. The zero-order valence-corrected chi connectivity index (χ0v) is 12.6. The molecule has 0 atom stereocenters. The van der Waals surface area contributed by atoms with Crippen molar-refractivity contribution in [2.75, 3.05) is 24.5 Å². The molecule has 106 valence electrons. The molecule has 0 aromatic carbocycles. The Morgan fingerprint density at radius 1 is 1.37 bits per heavy atom. The number of anilines is 1. The molecule has 0 amide bonds. The highest BCUT2D eigenvalue weighted by molar-refractivity contribution is 5.53. The molecule has 1 aliphatic rings. The summed E-state index contributed by atoms with van der Waals surface area (Å²) in [5.74, 6) is 0.903. The average molecular weight is 261 g/mol. The van der Waals surface area contributed by atoms with Gasteiger partial charge in [0.1, 0.15) is 0 Å². The highest BCUT2D eigenvalue weighted by Crippen LogP contribution is 2.30. The van der Waals surface area contributed by atoms with Gasteiger partial charge in [0.25, 0.3) is 0 Å². The van der Waals surface area contributed by atoms with Gasteiger partial charge < -0.3 is 10.2 Å². The summed E-state index contributed by atoms with van der Waals surface area (Å²) in [4.78, 5) is 6.99. The SMILES string of the molecule is CCNCc1cnc(C)cc1N(CC)CC1CCC1. The number of hydrogen-bond acceptors (Lipinski definition) is 3. The van der Waals surface area contributed by atoms with Crippen molar-refractivity contribution in [3.05, 3.63) is 23.5 Å². The van der Waals surface area contributed by atoms with Crippen LogP contribution in [-0.2, 0) is 6.54 Å². The number of nitrogens with zero attached hydrogens (tertiary/aromatic N) is 2. The number of nitrogens with one attached hydrogen (secondary N) is 1. The summed E-state index contributed by atoms with van der Waals surface area (Å²) in [6.45, 7) is 10.7. The smallest absolute Gasteiger partial charge is 0.0445 e. The summed E-state index contributed by atoms with van der Waals surface area (Å²) in [6, 6.07) is 2.24. The van der Waals surface area contributed by atoms with E-state index in [-0.39, 0.29) is 0 Å². The third-order valence-corrected chi connectivity index (χ3v) is 4.09. The molecule has 1 aromatic heterocycles. The van der Waals surface area contributed by atoms with E-state index >= 15 is 0 Å². The van der Waals surface area contributed by atoms with Crippen LogP contribution in [0.5, 0.6) is 0 Å². The van der Waals surface area contributed by atoms with Crippen molar-refractivity contribution in [2.24, 2.45) is 5.92 Å². The third kappa shape index (κ3) is 3.69. The highest BCUT2D eigenvalue weighted by Gasteiger charge is 2.21. The molecule has 1 N–H and O–H groups in total. The predicted octanol–water partition coefficient (Wildman–Crippen LogP) is 3.13. The molecule has 3 heteroatoms. The van der Waals surface area contributed by atoms with Crippen LogP contribution in [0.15, 0.2) is 12.3 Å². The summed E-state index contributed by atoms with van der Waals surface area (Å²) >= 11 is 0. The predicted molar refractivity (Wildman–Crippen MR) is 81.6 cm³/mol. The molecule has 1 heterocycles. The van der Waals surface area contributed by atoms with Crippen molar-refractivity contribution in [3.8, 4) is 0 Å². The van der Waals surface area contributed by atoms with E-state index in [1.54, 1.807) is 0 Å².